The van der Waals surface area contributed by atoms with Gasteiger partial charge in [-0.15, -0.1) is 0 Å². The lowest BCUT2D eigenvalue weighted by atomic mass is 9.97. The predicted molar refractivity (Wildman–Crippen MR) is 76.7 cm³/mol. The van der Waals surface area contributed by atoms with Crippen molar-refractivity contribution >= 4 is 5.91 Å². The van der Waals surface area contributed by atoms with Gasteiger partial charge in [-0.05, 0) is 24.8 Å². The molecule has 0 aromatic heterocycles. The van der Waals surface area contributed by atoms with Gasteiger partial charge in [-0.25, -0.2) is 0 Å². The Bertz CT molecular complexity index is 388. The zero-order chi connectivity index (χ0) is 14.3. The summed E-state index contributed by atoms with van der Waals surface area (Å²) in [4.78, 5) is 11.9. The average molecular weight is 264 g/mol. The zero-order valence-electron chi connectivity index (χ0n) is 11.7. The molecular weight excluding hydrogens is 240 g/mol. The molecule has 0 radical (unpaired) electrons. The van der Waals surface area contributed by atoms with Crippen LogP contribution in [0.15, 0.2) is 30.3 Å². The van der Waals surface area contributed by atoms with Crippen molar-refractivity contribution in [1.82, 2.24) is 5.32 Å². The van der Waals surface area contributed by atoms with Crippen LogP contribution in [-0.4, -0.2) is 29.2 Å². The molecule has 1 aromatic rings. The lowest BCUT2D eigenvalue weighted by Crippen LogP contribution is -2.48. The molecule has 0 aliphatic rings. The second-order valence-corrected chi connectivity index (χ2v) is 4.95. The minimum absolute atomic E-state index is 0.218. The van der Waals surface area contributed by atoms with Crippen molar-refractivity contribution in [2.45, 2.75) is 44.8 Å². The highest BCUT2D eigenvalue weighted by atomic mass is 16.3. The zero-order valence-corrected chi connectivity index (χ0v) is 11.7. The van der Waals surface area contributed by atoms with Crippen molar-refractivity contribution in [2.75, 3.05) is 6.54 Å². The summed E-state index contributed by atoms with van der Waals surface area (Å²) in [5.41, 5.74) is 6.07. The van der Waals surface area contributed by atoms with E-state index in [1.54, 1.807) is 0 Å². The quantitative estimate of drug-likeness (QED) is 0.693. The molecular formula is C15H24N2O2. The Morgan fingerprint density at radius 1 is 1.32 bits per heavy atom. The second kappa shape index (κ2) is 7.26. The van der Waals surface area contributed by atoms with Crippen LogP contribution < -0.4 is 11.1 Å². The molecule has 4 heteroatoms. The van der Waals surface area contributed by atoms with Crippen LogP contribution in [0.3, 0.4) is 0 Å². The number of rotatable bonds is 7. The number of carbonyl (C=O) groups is 1. The first-order valence-electron chi connectivity index (χ1n) is 6.80. The van der Waals surface area contributed by atoms with Gasteiger partial charge in [-0.3, -0.25) is 4.79 Å². The fourth-order valence-corrected chi connectivity index (χ4v) is 1.84. The maximum absolute atomic E-state index is 11.9. The number of hydrogen-bond donors (Lipinski definition) is 3. The van der Waals surface area contributed by atoms with Gasteiger partial charge in [0.05, 0.1) is 11.6 Å². The van der Waals surface area contributed by atoms with Gasteiger partial charge < -0.3 is 16.2 Å². The number of amides is 1. The van der Waals surface area contributed by atoms with E-state index < -0.39 is 11.6 Å². The summed E-state index contributed by atoms with van der Waals surface area (Å²) in [5, 5.41) is 12.8. The molecule has 4 N–H and O–H groups in total. The van der Waals surface area contributed by atoms with E-state index in [0.717, 1.165) is 5.56 Å². The maximum Gasteiger partial charge on any atom is 0.237 e. The molecule has 0 fully saturated rings. The van der Waals surface area contributed by atoms with Gasteiger partial charge in [-0.2, -0.15) is 0 Å². The monoisotopic (exact) mass is 264 g/mol. The van der Waals surface area contributed by atoms with E-state index in [0.29, 0.717) is 19.3 Å². The first kappa shape index (κ1) is 15.7. The first-order chi connectivity index (χ1) is 9.00. The highest BCUT2D eigenvalue weighted by Crippen LogP contribution is 2.12. The van der Waals surface area contributed by atoms with Crippen molar-refractivity contribution in [3.05, 3.63) is 35.9 Å². The molecule has 4 nitrogen and oxygen atoms in total. The Morgan fingerprint density at radius 2 is 1.89 bits per heavy atom. The van der Waals surface area contributed by atoms with Crippen LogP contribution >= 0.6 is 0 Å². The van der Waals surface area contributed by atoms with Crippen molar-refractivity contribution in [3.63, 3.8) is 0 Å². The summed E-state index contributed by atoms with van der Waals surface area (Å²) in [6.07, 6.45) is 1.72. The lowest BCUT2D eigenvalue weighted by Gasteiger charge is -2.26. The van der Waals surface area contributed by atoms with Crippen molar-refractivity contribution in [3.8, 4) is 0 Å². The molecule has 0 aliphatic heterocycles. The summed E-state index contributed by atoms with van der Waals surface area (Å²) in [6.45, 7) is 4.06. The van der Waals surface area contributed by atoms with E-state index in [4.69, 9.17) is 5.73 Å². The third-order valence-electron chi connectivity index (χ3n) is 3.54. The number of nitrogens with two attached hydrogens (primary N) is 1. The van der Waals surface area contributed by atoms with Gasteiger partial charge in [0.25, 0.3) is 0 Å². The minimum atomic E-state index is -0.831. The smallest absolute Gasteiger partial charge is 0.237 e. The molecule has 1 rings (SSSR count). The third kappa shape index (κ3) is 5.01. The van der Waals surface area contributed by atoms with E-state index in [2.05, 4.69) is 5.32 Å². The number of carbonyl (C=O) groups excluding carboxylic acids is 1. The predicted octanol–water partition coefficient (Wildman–Crippen LogP) is 1.22. The normalized spacial score (nSPS) is 13.1. The van der Waals surface area contributed by atoms with Gasteiger partial charge in [-0.1, -0.05) is 44.2 Å². The number of hydrogen-bond acceptors (Lipinski definition) is 3. The lowest BCUT2D eigenvalue weighted by molar-refractivity contribution is -0.123. The van der Waals surface area contributed by atoms with Gasteiger partial charge >= 0.3 is 0 Å². The van der Waals surface area contributed by atoms with Crippen LogP contribution in [-0.2, 0) is 11.2 Å². The Balaban J connectivity index is 2.45. The SMILES string of the molecule is CCC(O)(CC)CNC(=O)C(N)Cc1ccccc1. The van der Waals surface area contributed by atoms with Crippen LogP contribution in [0.4, 0.5) is 0 Å². The van der Waals surface area contributed by atoms with E-state index in [-0.39, 0.29) is 12.5 Å². The Kier molecular flexibility index (Phi) is 5.99. The highest BCUT2D eigenvalue weighted by Gasteiger charge is 2.24. The van der Waals surface area contributed by atoms with Gasteiger partial charge in [0.15, 0.2) is 0 Å². The molecule has 19 heavy (non-hydrogen) atoms. The molecule has 0 spiro atoms. The van der Waals surface area contributed by atoms with E-state index in [1.807, 2.05) is 44.2 Å². The van der Waals surface area contributed by atoms with Crippen LogP contribution in [0.1, 0.15) is 32.3 Å². The fourth-order valence-electron chi connectivity index (χ4n) is 1.84. The first-order valence-corrected chi connectivity index (χ1v) is 6.80. The van der Waals surface area contributed by atoms with Crippen LogP contribution in [0.25, 0.3) is 0 Å². The molecule has 1 amide bonds. The molecule has 0 saturated carbocycles. The van der Waals surface area contributed by atoms with Crippen LogP contribution in [0, 0.1) is 0 Å². The van der Waals surface area contributed by atoms with Crippen LogP contribution in [0.2, 0.25) is 0 Å². The van der Waals surface area contributed by atoms with Gasteiger partial charge in [0, 0.05) is 6.54 Å². The summed E-state index contributed by atoms with van der Waals surface area (Å²) in [5.74, 6) is -0.218. The standard InChI is InChI=1S/C15H24N2O2/c1-3-15(19,4-2)11-17-14(18)13(16)10-12-8-6-5-7-9-12/h5-9,13,19H,3-4,10-11,16H2,1-2H3,(H,17,18). The van der Waals surface area contributed by atoms with E-state index >= 15 is 0 Å². The maximum atomic E-state index is 11.9. The molecule has 0 aliphatic carbocycles. The number of benzene rings is 1. The summed E-state index contributed by atoms with van der Waals surface area (Å²) < 4.78 is 0. The summed E-state index contributed by atoms with van der Waals surface area (Å²) in [6, 6.07) is 9.08. The Labute approximate surface area is 115 Å². The molecule has 1 unspecified atom stereocenters. The minimum Gasteiger partial charge on any atom is -0.388 e. The topological polar surface area (TPSA) is 75.3 Å². The molecule has 106 valence electrons. The van der Waals surface area contributed by atoms with Crippen molar-refractivity contribution in [1.29, 1.82) is 0 Å². The van der Waals surface area contributed by atoms with Gasteiger partial charge in [0.2, 0.25) is 5.91 Å². The number of aliphatic hydroxyl groups is 1. The average Bonchev–Trinajstić information content (AvgIpc) is 2.45. The van der Waals surface area contributed by atoms with Crippen LogP contribution in [0.5, 0.6) is 0 Å². The molecule has 0 heterocycles. The summed E-state index contributed by atoms with van der Waals surface area (Å²) in [7, 11) is 0. The van der Waals surface area contributed by atoms with E-state index in [9.17, 15) is 9.90 Å². The fraction of sp³-hybridized carbons (Fsp3) is 0.533. The molecule has 1 aromatic carbocycles. The highest BCUT2D eigenvalue weighted by molar-refractivity contribution is 5.81. The van der Waals surface area contributed by atoms with Gasteiger partial charge in [0.1, 0.15) is 0 Å². The second-order valence-electron chi connectivity index (χ2n) is 4.95. The van der Waals surface area contributed by atoms with Crippen molar-refractivity contribution < 1.29 is 9.90 Å². The number of nitrogens with one attached hydrogen (secondary N) is 1. The molecule has 1 atom stereocenters. The van der Waals surface area contributed by atoms with Crippen molar-refractivity contribution in [2.24, 2.45) is 5.73 Å². The third-order valence-corrected chi connectivity index (χ3v) is 3.54. The Hall–Kier alpha value is -1.39. The largest absolute Gasteiger partial charge is 0.388 e. The Morgan fingerprint density at radius 3 is 2.42 bits per heavy atom. The van der Waals surface area contributed by atoms with E-state index in [1.165, 1.54) is 0 Å². The summed E-state index contributed by atoms with van der Waals surface area (Å²) >= 11 is 0. The molecule has 0 saturated heterocycles. The molecule has 0 bridgehead atoms.